The monoisotopic (exact) mass is 294 g/mol. The maximum Gasteiger partial charge on any atom is 0.183 e. The lowest BCUT2D eigenvalue weighted by molar-refractivity contribution is -0.0120. The van der Waals surface area contributed by atoms with Crippen LogP contribution in [0.15, 0.2) is 12.3 Å². The van der Waals surface area contributed by atoms with Crippen LogP contribution in [0.3, 0.4) is 0 Å². The molecule has 1 aromatic rings. The molecule has 1 heterocycles. The third kappa shape index (κ3) is 4.08. The molecule has 2 unspecified atom stereocenters. The van der Waals surface area contributed by atoms with Crippen LogP contribution >= 0.6 is 0 Å². The topological polar surface area (TPSA) is 63.6 Å². The number of nitrogens with one attached hydrogen (secondary N) is 1. The average Bonchev–Trinajstić information content (AvgIpc) is 2.46. The summed E-state index contributed by atoms with van der Waals surface area (Å²) in [5.74, 6) is 1.92. The van der Waals surface area contributed by atoms with E-state index in [2.05, 4.69) is 17.2 Å². The summed E-state index contributed by atoms with van der Waals surface area (Å²) in [4.78, 5) is 4.33. The summed E-state index contributed by atoms with van der Waals surface area (Å²) in [6, 6.07) is 1.78. The molecule has 2 atom stereocenters. The molecule has 1 aliphatic rings. The van der Waals surface area contributed by atoms with E-state index in [1.807, 2.05) is 0 Å². The van der Waals surface area contributed by atoms with E-state index in [4.69, 9.17) is 9.47 Å². The predicted molar refractivity (Wildman–Crippen MR) is 81.6 cm³/mol. The van der Waals surface area contributed by atoms with Gasteiger partial charge in [0.25, 0.3) is 0 Å². The summed E-state index contributed by atoms with van der Waals surface area (Å²) in [6.07, 6.45) is 5.75. The molecule has 0 saturated heterocycles. The first-order chi connectivity index (χ1) is 10.1. The summed E-state index contributed by atoms with van der Waals surface area (Å²) in [6.45, 7) is 3.34. The normalized spacial score (nSPS) is 25.6. The van der Waals surface area contributed by atoms with Crippen molar-refractivity contribution in [2.75, 3.05) is 20.8 Å². The molecule has 5 nitrogen and oxygen atoms in total. The number of ether oxygens (including phenoxy) is 2. The number of aromatic nitrogens is 1. The van der Waals surface area contributed by atoms with E-state index < -0.39 is 5.60 Å². The average molecular weight is 294 g/mol. The van der Waals surface area contributed by atoms with Crippen molar-refractivity contribution in [1.29, 1.82) is 0 Å². The Hall–Kier alpha value is -1.33. The highest BCUT2D eigenvalue weighted by molar-refractivity contribution is 5.42. The maximum atomic E-state index is 10.6. The maximum absolute atomic E-state index is 10.6. The summed E-state index contributed by atoms with van der Waals surface area (Å²) < 4.78 is 10.6. The van der Waals surface area contributed by atoms with Crippen molar-refractivity contribution < 1.29 is 14.6 Å². The molecule has 1 aromatic heterocycles. The predicted octanol–water partition coefficient (Wildman–Crippen LogP) is 2.13. The third-order valence-corrected chi connectivity index (χ3v) is 4.18. The summed E-state index contributed by atoms with van der Waals surface area (Å²) in [7, 11) is 3.22. The molecule has 2 rings (SSSR count). The number of rotatable bonds is 6. The first-order valence-electron chi connectivity index (χ1n) is 7.57. The van der Waals surface area contributed by atoms with Crippen molar-refractivity contribution >= 4 is 0 Å². The molecule has 21 heavy (non-hydrogen) atoms. The molecule has 118 valence electrons. The Morgan fingerprint density at radius 2 is 2.24 bits per heavy atom. The summed E-state index contributed by atoms with van der Waals surface area (Å²) >= 11 is 0. The highest BCUT2D eigenvalue weighted by Crippen LogP contribution is 2.32. The first-order valence-corrected chi connectivity index (χ1v) is 7.57. The molecule has 0 radical (unpaired) electrons. The number of nitrogens with zero attached hydrogens (tertiary/aromatic N) is 1. The van der Waals surface area contributed by atoms with E-state index in [1.54, 1.807) is 26.5 Å². The van der Waals surface area contributed by atoms with Crippen LogP contribution in [0.5, 0.6) is 11.5 Å². The lowest BCUT2D eigenvalue weighted by atomic mass is 9.79. The van der Waals surface area contributed by atoms with Crippen molar-refractivity contribution in [3.05, 3.63) is 18.0 Å². The molecule has 1 fully saturated rings. The Bertz CT molecular complexity index is 467. The number of pyridine rings is 1. The lowest BCUT2D eigenvalue weighted by Crippen LogP contribution is -2.43. The Balaban J connectivity index is 1.94. The Morgan fingerprint density at radius 1 is 1.43 bits per heavy atom. The highest BCUT2D eigenvalue weighted by Gasteiger charge is 2.32. The van der Waals surface area contributed by atoms with Gasteiger partial charge in [-0.15, -0.1) is 0 Å². The molecule has 0 spiro atoms. The fraction of sp³-hybridized carbons (Fsp3) is 0.688. The minimum absolute atomic E-state index is 0.553. The van der Waals surface area contributed by atoms with E-state index in [1.165, 1.54) is 6.42 Å². The van der Waals surface area contributed by atoms with Crippen molar-refractivity contribution in [3.63, 3.8) is 0 Å². The van der Waals surface area contributed by atoms with Gasteiger partial charge in [-0.05, 0) is 18.8 Å². The molecule has 0 aliphatic heterocycles. The summed E-state index contributed by atoms with van der Waals surface area (Å²) in [5.41, 5.74) is 0.202. The van der Waals surface area contributed by atoms with Crippen LogP contribution < -0.4 is 14.8 Å². The van der Waals surface area contributed by atoms with Gasteiger partial charge in [0.15, 0.2) is 11.5 Å². The highest BCUT2D eigenvalue weighted by atomic mass is 16.5. The van der Waals surface area contributed by atoms with Crippen LogP contribution in [0.1, 0.15) is 38.3 Å². The van der Waals surface area contributed by atoms with E-state index in [0.29, 0.717) is 30.5 Å². The molecule has 0 bridgehead atoms. The van der Waals surface area contributed by atoms with Crippen LogP contribution in [0.25, 0.3) is 0 Å². The molecule has 2 N–H and O–H groups in total. The van der Waals surface area contributed by atoms with E-state index >= 15 is 0 Å². The van der Waals surface area contributed by atoms with Gasteiger partial charge in [0, 0.05) is 25.4 Å². The molecule has 0 amide bonds. The van der Waals surface area contributed by atoms with Gasteiger partial charge in [-0.25, -0.2) is 0 Å². The fourth-order valence-corrected chi connectivity index (χ4v) is 3.18. The van der Waals surface area contributed by atoms with Crippen LogP contribution in [-0.4, -0.2) is 36.5 Å². The quantitative estimate of drug-likeness (QED) is 0.841. The van der Waals surface area contributed by atoms with Gasteiger partial charge < -0.3 is 19.9 Å². The summed E-state index contributed by atoms with van der Waals surface area (Å²) in [5, 5.41) is 13.9. The zero-order valence-electron chi connectivity index (χ0n) is 13.2. The zero-order valence-corrected chi connectivity index (χ0v) is 13.2. The Morgan fingerprint density at radius 3 is 2.90 bits per heavy atom. The molecular formula is C16H26N2O3. The van der Waals surface area contributed by atoms with Crippen LogP contribution in [-0.2, 0) is 6.54 Å². The Kier molecular flexibility index (Phi) is 5.42. The van der Waals surface area contributed by atoms with Crippen LogP contribution in [0.2, 0.25) is 0 Å². The van der Waals surface area contributed by atoms with Gasteiger partial charge in [-0.1, -0.05) is 19.8 Å². The lowest BCUT2D eigenvalue weighted by Gasteiger charge is -2.35. The molecule has 1 saturated carbocycles. The van der Waals surface area contributed by atoms with Crippen LogP contribution in [0.4, 0.5) is 0 Å². The van der Waals surface area contributed by atoms with Gasteiger partial charge in [0.1, 0.15) is 0 Å². The van der Waals surface area contributed by atoms with E-state index in [-0.39, 0.29) is 0 Å². The van der Waals surface area contributed by atoms with Crippen molar-refractivity contribution in [2.24, 2.45) is 5.92 Å². The standard InChI is InChI=1S/C16H26N2O3/c1-12-5-4-7-16(19,9-12)11-17-10-13-15(21-3)14(20-2)6-8-18-13/h6,8,12,17,19H,4-5,7,9-11H2,1-3H3. The number of aliphatic hydroxyl groups is 1. The van der Waals surface area contributed by atoms with Gasteiger partial charge in [0.2, 0.25) is 0 Å². The number of hydrogen-bond acceptors (Lipinski definition) is 5. The van der Waals surface area contributed by atoms with Crippen molar-refractivity contribution in [3.8, 4) is 11.5 Å². The minimum atomic E-state index is -0.593. The molecule has 0 aromatic carbocycles. The molecule has 5 heteroatoms. The second kappa shape index (κ2) is 7.09. The van der Waals surface area contributed by atoms with Crippen LogP contribution in [0, 0.1) is 5.92 Å². The second-order valence-corrected chi connectivity index (χ2v) is 6.02. The molecule has 1 aliphatic carbocycles. The Labute approximate surface area is 126 Å². The zero-order chi connectivity index (χ0) is 15.3. The largest absolute Gasteiger partial charge is 0.493 e. The van der Waals surface area contributed by atoms with E-state index in [0.717, 1.165) is 25.0 Å². The van der Waals surface area contributed by atoms with E-state index in [9.17, 15) is 5.11 Å². The van der Waals surface area contributed by atoms with Gasteiger partial charge in [0.05, 0.1) is 25.5 Å². The van der Waals surface area contributed by atoms with Gasteiger partial charge in [-0.2, -0.15) is 0 Å². The van der Waals surface area contributed by atoms with Crippen molar-refractivity contribution in [2.45, 2.75) is 44.8 Å². The fourth-order valence-electron chi connectivity index (χ4n) is 3.18. The number of hydrogen-bond donors (Lipinski definition) is 2. The smallest absolute Gasteiger partial charge is 0.183 e. The SMILES string of the molecule is COc1ccnc(CNCC2(O)CCCC(C)C2)c1OC. The first kappa shape index (κ1) is 16.0. The van der Waals surface area contributed by atoms with Gasteiger partial charge >= 0.3 is 0 Å². The number of methoxy groups -OCH3 is 2. The minimum Gasteiger partial charge on any atom is -0.493 e. The van der Waals surface area contributed by atoms with Crippen molar-refractivity contribution in [1.82, 2.24) is 10.3 Å². The second-order valence-electron chi connectivity index (χ2n) is 6.02. The van der Waals surface area contributed by atoms with Gasteiger partial charge in [-0.3, -0.25) is 4.98 Å². The third-order valence-electron chi connectivity index (χ3n) is 4.18. The molecular weight excluding hydrogens is 268 g/mol.